The van der Waals surface area contributed by atoms with E-state index in [-0.39, 0.29) is 11.9 Å². The zero-order valence-corrected chi connectivity index (χ0v) is 11.1. The molecule has 1 amide bonds. The van der Waals surface area contributed by atoms with Crippen LogP contribution in [0.15, 0.2) is 17.5 Å². The molecule has 2 rings (SSSR count). The van der Waals surface area contributed by atoms with Crippen molar-refractivity contribution in [3.05, 3.63) is 22.4 Å². The van der Waals surface area contributed by atoms with E-state index in [0.717, 1.165) is 37.0 Å². The standard InChI is InChI=1S/C13H18N2O2S/c16-10-11-4-1-2-6-15(11)9-13(17)14-8-12-5-3-7-18-12/h3,5,7,10-11H,1-2,4,6,8-9H2,(H,14,17). The first-order chi connectivity index (χ1) is 8.79. The lowest BCUT2D eigenvalue weighted by atomic mass is 10.0. The topological polar surface area (TPSA) is 49.4 Å². The van der Waals surface area contributed by atoms with E-state index in [1.165, 1.54) is 0 Å². The zero-order chi connectivity index (χ0) is 12.8. The molecule has 5 heteroatoms. The minimum Gasteiger partial charge on any atom is -0.350 e. The molecular weight excluding hydrogens is 248 g/mol. The van der Waals surface area contributed by atoms with Crippen molar-refractivity contribution in [1.82, 2.24) is 10.2 Å². The highest BCUT2D eigenvalue weighted by atomic mass is 32.1. The third-order valence-electron chi connectivity index (χ3n) is 3.21. The lowest BCUT2D eigenvalue weighted by Crippen LogP contribution is -2.46. The first-order valence-corrected chi connectivity index (χ1v) is 7.16. The van der Waals surface area contributed by atoms with Gasteiger partial charge in [0.1, 0.15) is 6.29 Å². The first-order valence-electron chi connectivity index (χ1n) is 6.28. The molecule has 1 saturated heterocycles. The van der Waals surface area contributed by atoms with Gasteiger partial charge in [-0.15, -0.1) is 11.3 Å². The number of hydrogen-bond acceptors (Lipinski definition) is 4. The van der Waals surface area contributed by atoms with Crippen LogP contribution in [0.2, 0.25) is 0 Å². The van der Waals surface area contributed by atoms with Crippen LogP contribution in [0.25, 0.3) is 0 Å². The molecular formula is C13H18N2O2S. The summed E-state index contributed by atoms with van der Waals surface area (Å²) in [5.74, 6) is -0.00264. The number of aldehydes is 1. The van der Waals surface area contributed by atoms with Gasteiger partial charge >= 0.3 is 0 Å². The van der Waals surface area contributed by atoms with Crippen molar-refractivity contribution >= 4 is 23.5 Å². The van der Waals surface area contributed by atoms with E-state index in [1.807, 2.05) is 22.4 Å². The molecule has 0 spiro atoms. The van der Waals surface area contributed by atoms with Gasteiger partial charge in [0.05, 0.1) is 19.1 Å². The molecule has 1 aliphatic rings. The number of carbonyl (C=O) groups excluding carboxylic acids is 2. The summed E-state index contributed by atoms with van der Waals surface area (Å²) in [6.07, 6.45) is 3.99. The van der Waals surface area contributed by atoms with E-state index >= 15 is 0 Å². The third kappa shape index (κ3) is 3.65. The van der Waals surface area contributed by atoms with Crippen molar-refractivity contribution < 1.29 is 9.59 Å². The largest absolute Gasteiger partial charge is 0.350 e. The Hall–Kier alpha value is -1.20. The summed E-state index contributed by atoms with van der Waals surface area (Å²) in [6.45, 7) is 1.75. The second-order valence-electron chi connectivity index (χ2n) is 4.53. The van der Waals surface area contributed by atoms with Gasteiger partial charge < -0.3 is 10.1 Å². The smallest absolute Gasteiger partial charge is 0.234 e. The molecule has 98 valence electrons. The maximum atomic E-state index is 11.8. The number of nitrogens with one attached hydrogen (secondary N) is 1. The van der Waals surface area contributed by atoms with Crippen molar-refractivity contribution in [3.8, 4) is 0 Å². The molecule has 0 radical (unpaired) electrons. The molecule has 0 aliphatic carbocycles. The summed E-state index contributed by atoms with van der Waals surface area (Å²) in [6, 6.07) is 3.89. The summed E-state index contributed by atoms with van der Waals surface area (Å²) in [7, 11) is 0. The number of likely N-dealkylation sites (tertiary alicyclic amines) is 1. The molecule has 2 heterocycles. The fraction of sp³-hybridized carbons (Fsp3) is 0.538. The number of hydrogen-bond donors (Lipinski definition) is 1. The molecule has 18 heavy (non-hydrogen) atoms. The lowest BCUT2D eigenvalue weighted by molar-refractivity contribution is -0.124. The molecule has 1 unspecified atom stereocenters. The Morgan fingerprint density at radius 3 is 3.17 bits per heavy atom. The Labute approximate surface area is 111 Å². The Balaban J connectivity index is 1.77. The molecule has 1 atom stereocenters. The SMILES string of the molecule is O=CC1CCCCN1CC(=O)NCc1cccs1. The minimum atomic E-state index is -0.0776. The van der Waals surface area contributed by atoms with Crippen LogP contribution in [0.3, 0.4) is 0 Å². The monoisotopic (exact) mass is 266 g/mol. The van der Waals surface area contributed by atoms with Crippen LogP contribution >= 0.6 is 11.3 Å². The van der Waals surface area contributed by atoms with Gasteiger partial charge in [0.25, 0.3) is 0 Å². The third-order valence-corrected chi connectivity index (χ3v) is 4.08. The number of amides is 1. The van der Waals surface area contributed by atoms with Crippen molar-refractivity contribution in [2.45, 2.75) is 31.8 Å². The number of carbonyl (C=O) groups is 2. The van der Waals surface area contributed by atoms with Crippen LogP contribution < -0.4 is 5.32 Å². The van der Waals surface area contributed by atoms with Gasteiger partial charge in [-0.1, -0.05) is 12.5 Å². The molecule has 1 aliphatic heterocycles. The van der Waals surface area contributed by atoms with Crippen molar-refractivity contribution in [2.24, 2.45) is 0 Å². The van der Waals surface area contributed by atoms with Crippen molar-refractivity contribution in [3.63, 3.8) is 0 Å². The van der Waals surface area contributed by atoms with Crippen LogP contribution in [-0.4, -0.2) is 36.2 Å². The Morgan fingerprint density at radius 1 is 1.56 bits per heavy atom. The minimum absolute atomic E-state index is 0.00264. The van der Waals surface area contributed by atoms with Crippen LogP contribution in [0.5, 0.6) is 0 Å². The quantitative estimate of drug-likeness (QED) is 0.820. The van der Waals surface area contributed by atoms with Gasteiger partial charge in [-0.2, -0.15) is 0 Å². The second-order valence-corrected chi connectivity index (χ2v) is 5.56. The molecule has 1 fully saturated rings. The predicted molar refractivity (Wildman–Crippen MR) is 71.4 cm³/mol. The average Bonchev–Trinajstić information content (AvgIpc) is 2.90. The van der Waals surface area contributed by atoms with E-state index < -0.39 is 0 Å². The number of piperidine rings is 1. The van der Waals surface area contributed by atoms with Gasteiger partial charge in [0, 0.05) is 4.88 Å². The highest BCUT2D eigenvalue weighted by molar-refractivity contribution is 7.09. The predicted octanol–water partition coefficient (Wildman–Crippen LogP) is 1.42. The normalized spacial score (nSPS) is 20.6. The summed E-state index contributed by atoms with van der Waals surface area (Å²) in [5, 5.41) is 4.89. The van der Waals surface area contributed by atoms with Crippen LogP contribution in [0.1, 0.15) is 24.1 Å². The van der Waals surface area contributed by atoms with Crippen LogP contribution in [0.4, 0.5) is 0 Å². The van der Waals surface area contributed by atoms with Gasteiger partial charge in [-0.25, -0.2) is 0 Å². The maximum absolute atomic E-state index is 11.8. The summed E-state index contributed by atoms with van der Waals surface area (Å²) in [5.41, 5.74) is 0. The van der Waals surface area contributed by atoms with E-state index in [1.54, 1.807) is 11.3 Å². The fourth-order valence-corrected chi connectivity index (χ4v) is 2.85. The zero-order valence-electron chi connectivity index (χ0n) is 10.3. The van der Waals surface area contributed by atoms with Gasteiger partial charge in [0.2, 0.25) is 5.91 Å². The molecule has 1 aromatic heterocycles. The summed E-state index contributed by atoms with van der Waals surface area (Å²) >= 11 is 1.63. The first kappa shape index (κ1) is 13.2. The highest BCUT2D eigenvalue weighted by Crippen LogP contribution is 2.14. The fourth-order valence-electron chi connectivity index (χ4n) is 2.21. The average molecular weight is 266 g/mol. The van der Waals surface area contributed by atoms with Crippen LogP contribution in [0, 0.1) is 0 Å². The molecule has 1 aromatic rings. The number of rotatable bonds is 5. The van der Waals surface area contributed by atoms with E-state index in [4.69, 9.17) is 0 Å². The molecule has 0 bridgehead atoms. The summed E-state index contributed by atoms with van der Waals surface area (Å²) < 4.78 is 0. The Bertz CT molecular complexity index is 392. The molecule has 4 nitrogen and oxygen atoms in total. The molecule has 0 aromatic carbocycles. The van der Waals surface area contributed by atoms with E-state index in [9.17, 15) is 9.59 Å². The van der Waals surface area contributed by atoms with Crippen LogP contribution in [-0.2, 0) is 16.1 Å². The maximum Gasteiger partial charge on any atom is 0.234 e. The second kappa shape index (κ2) is 6.66. The number of thiophene rings is 1. The Morgan fingerprint density at radius 2 is 2.44 bits per heavy atom. The molecule has 0 saturated carbocycles. The lowest BCUT2D eigenvalue weighted by Gasteiger charge is -2.31. The van der Waals surface area contributed by atoms with Gasteiger partial charge in [0.15, 0.2) is 0 Å². The number of nitrogens with zero attached hydrogens (tertiary/aromatic N) is 1. The van der Waals surface area contributed by atoms with Crippen molar-refractivity contribution in [1.29, 1.82) is 0 Å². The van der Waals surface area contributed by atoms with E-state index in [0.29, 0.717) is 13.1 Å². The molecule has 1 N–H and O–H groups in total. The van der Waals surface area contributed by atoms with E-state index in [2.05, 4.69) is 5.32 Å². The summed E-state index contributed by atoms with van der Waals surface area (Å²) in [4.78, 5) is 25.8. The van der Waals surface area contributed by atoms with Crippen molar-refractivity contribution in [2.75, 3.05) is 13.1 Å². The highest BCUT2D eigenvalue weighted by Gasteiger charge is 2.23. The Kier molecular flexibility index (Phi) is 4.90. The van der Waals surface area contributed by atoms with Gasteiger partial charge in [-0.3, -0.25) is 9.69 Å². The van der Waals surface area contributed by atoms with Gasteiger partial charge in [-0.05, 0) is 30.8 Å².